The van der Waals surface area contributed by atoms with E-state index in [1.165, 1.54) is 6.07 Å². The number of nitrogens with zero attached hydrogens (tertiary/aromatic N) is 2. The zero-order chi connectivity index (χ0) is 17.0. The number of hydrogen-bond donors (Lipinski definition) is 1. The molecule has 2 rings (SSSR count). The number of benzene rings is 1. The van der Waals surface area contributed by atoms with Gasteiger partial charge in [0.15, 0.2) is 5.69 Å². The maximum absolute atomic E-state index is 12.5. The number of ether oxygens (including phenoxy) is 1. The molecule has 2 aromatic rings. The second kappa shape index (κ2) is 6.85. The number of methoxy groups -OCH3 is 1. The molecule has 1 aromatic carbocycles. The van der Waals surface area contributed by atoms with E-state index < -0.39 is 11.9 Å². The van der Waals surface area contributed by atoms with Crippen LogP contribution in [0.3, 0.4) is 0 Å². The molecule has 0 aliphatic carbocycles. The Kier molecular flexibility index (Phi) is 5.08. The van der Waals surface area contributed by atoms with Crippen molar-refractivity contribution in [3.05, 3.63) is 47.7 Å². The van der Waals surface area contributed by atoms with Gasteiger partial charge in [-0.05, 0) is 35.7 Å². The third-order valence-corrected chi connectivity index (χ3v) is 3.40. The van der Waals surface area contributed by atoms with Crippen molar-refractivity contribution >= 4 is 5.82 Å². The molecule has 0 radical (unpaired) electrons. The highest BCUT2D eigenvalue weighted by Crippen LogP contribution is 2.29. The summed E-state index contributed by atoms with van der Waals surface area (Å²) < 4.78 is 42.7. The summed E-state index contributed by atoms with van der Waals surface area (Å²) in [7, 11) is 1.59. The molecule has 0 spiro atoms. The first-order chi connectivity index (χ1) is 10.8. The molecule has 0 aliphatic heterocycles. The Morgan fingerprint density at radius 1 is 1.00 bits per heavy atom. The van der Waals surface area contributed by atoms with E-state index in [2.05, 4.69) is 15.5 Å². The van der Waals surface area contributed by atoms with Crippen LogP contribution in [0.15, 0.2) is 36.4 Å². The average Bonchev–Trinajstić information content (AvgIpc) is 2.52. The number of halogens is 3. The topological polar surface area (TPSA) is 47.0 Å². The van der Waals surface area contributed by atoms with Gasteiger partial charge in [-0.3, -0.25) is 0 Å². The quantitative estimate of drug-likeness (QED) is 0.890. The Balaban J connectivity index is 2.19. The molecule has 0 aliphatic rings. The molecule has 1 aromatic heterocycles. The normalized spacial score (nSPS) is 13.0. The second-order valence-electron chi connectivity index (χ2n) is 5.44. The van der Waals surface area contributed by atoms with E-state index in [-0.39, 0.29) is 12.0 Å². The van der Waals surface area contributed by atoms with Crippen LogP contribution < -0.4 is 10.1 Å². The SMILES string of the molecule is COc1ccc(C(Nc2ccc(C(F)(F)F)nn2)C(C)C)cc1. The summed E-state index contributed by atoms with van der Waals surface area (Å²) in [5, 5.41) is 9.98. The van der Waals surface area contributed by atoms with E-state index in [4.69, 9.17) is 4.74 Å². The van der Waals surface area contributed by atoms with Gasteiger partial charge in [-0.1, -0.05) is 26.0 Å². The van der Waals surface area contributed by atoms with Crippen molar-refractivity contribution in [3.63, 3.8) is 0 Å². The lowest BCUT2D eigenvalue weighted by Crippen LogP contribution is -2.18. The van der Waals surface area contributed by atoms with E-state index in [1.807, 2.05) is 38.1 Å². The zero-order valence-electron chi connectivity index (χ0n) is 13.1. The van der Waals surface area contributed by atoms with Crippen LogP contribution in [0.1, 0.15) is 31.1 Å². The van der Waals surface area contributed by atoms with E-state index in [0.29, 0.717) is 5.82 Å². The summed E-state index contributed by atoms with van der Waals surface area (Å²) in [5.74, 6) is 1.24. The molecule has 1 atom stereocenters. The Labute approximate surface area is 132 Å². The highest BCUT2D eigenvalue weighted by molar-refractivity contribution is 5.39. The van der Waals surface area contributed by atoms with Crippen LogP contribution in [0.4, 0.5) is 19.0 Å². The largest absolute Gasteiger partial charge is 0.497 e. The standard InChI is InChI=1S/C16H18F3N3O/c1-10(2)15(11-4-6-12(23-3)7-5-11)20-14-9-8-13(21-22-14)16(17,18)19/h4-10,15H,1-3H3,(H,20,22). The molecule has 1 N–H and O–H groups in total. The fourth-order valence-electron chi connectivity index (χ4n) is 2.17. The molecule has 4 nitrogen and oxygen atoms in total. The highest BCUT2D eigenvalue weighted by atomic mass is 19.4. The van der Waals surface area contributed by atoms with Gasteiger partial charge < -0.3 is 10.1 Å². The molecule has 0 saturated heterocycles. The van der Waals surface area contributed by atoms with Crippen LogP contribution in [-0.2, 0) is 6.18 Å². The van der Waals surface area contributed by atoms with Crippen LogP contribution in [-0.4, -0.2) is 17.3 Å². The number of rotatable bonds is 5. The molecular weight excluding hydrogens is 307 g/mol. The van der Waals surface area contributed by atoms with E-state index in [1.54, 1.807) is 7.11 Å². The molecule has 23 heavy (non-hydrogen) atoms. The smallest absolute Gasteiger partial charge is 0.435 e. The van der Waals surface area contributed by atoms with Crippen molar-refractivity contribution in [1.29, 1.82) is 0 Å². The Bertz CT molecular complexity index is 625. The van der Waals surface area contributed by atoms with Crippen molar-refractivity contribution in [2.24, 2.45) is 5.92 Å². The summed E-state index contributed by atoms with van der Waals surface area (Å²) in [6.07, 6.45) is -4.49. The number of aromatic nitrogens is 2. The molecule has 0 bridgehead atoms. The molecular formula is C16H18F3N3O. The first-order valence-corrected chi connectivity index (χ1v) is 7.12. The minimum atomic E-state index is -4.49. The van der Waals surface area contributed by atoms with Gasteiger partial charge in [-0.15, -0.1) is 10.2 Å². The van der Waals surface area contributed by atoms with Crippen LogP contribution in [0.25, 0.3) is 0 Å². The Morgan fingerprint density at radius 2 is 1.65 bits per heavy atom. The molecule has 1 heterocycles. The Morgan fingerprint density at radius 3 is 2.09 bits per heavy atom. The first kappa shape index (κ1) is 17.1. The van der Waals surface area contributed by atoms with Gasteiger partial charge >= 0.3 is 6.18 Å². The lowest BCUT2D eigenvalue weighted by molar-refractivity contribution is -0.141. The monoisotopic (exact) mass is 325 g/mol. The molecule has 0 amide bonds. The lowest BCUT2D eigenvalue weighted by atomic mass is 9.96. The maximum Gasteiger partial charge on any atom is 0.435 e. The summed E-state index contributed by atoms with van der Waals surface area (Å²) in [6.45, 7) is 4.03. The molecule has 0 saturated carbocycles. The highest BCUT2D eigenvalue weighted by Gasteiger charge is 2.33. The molecule has 0 fully saturated rings. The first-order valence-electron chi connectivity index (χ1n) is 7.12. The van der Waals surface area contributed by atoms with Crippen molar-refractivity contribution < 1.29 is 17.9 Å². The van der Waals surface area contributed by atoms with Crippen molar-refractivity contribution in [3.8, 4) is 5.75 Å². The van der Waals surface area contributed by atoms with Gasteiger partial charge in [0.1, 0.15) is 11.6 Å². The second-order valence-corrected chi connectivity index (χ2v) is 5.44. The van der Waals surface area contributed by atoms with Crippen LogP contribution >= 0.6 is 0 Å². The summed E-state index contributed by atoms with van der Waals surface area (Å²) in [6, 6.07) is 9.60. The van der Waals surface area contributed by atoms with Gasteiger partial charge in [-0.2, -0.15) is 13.2 Å². The van der Waals surface area contributed by atoms with E-state index in [0.717, 1.165) is 17.4 Å². The van der Waals surface area contributed by atoms with Crippen LogP contribution in [0.5, 0.6) is 5.75 Å². The predicted molar refractivity (Wildman–Crippen MR) is 81.2 cm³/mol. The fourth-order valence-corrected chi connectivity index (χ4v) is 2.17. The van der Waals surface area contributed by atoms with Crippen molar-refractivity contribution in [2.75, 3.05) is 12.4 Å². The number of hydrogen-bond acceptors (Lipinski definition) is 4. The third kappa shape index (κ3) is 4.34. The van der Waals surface area contributed by atoms with Gasteiger partial charge in [-0.25, -0.2) is 0 Å². The van der Waals surface area contributed by atoms with Crippen LogP contribution in [0.2, 0.25) is 0 Å². The molecule has 7 heteroatoms. The summed E-state index contributed by atoms with van der Waals surface area (Å²) in [4.78, 5) is 0. The van der Waals surface area contributed by atoms with Gasteiger partial charge in [0.05, 0.1) is 13.2 Å². The van der Waals surface area contributed by atoms with Crippen LogP contribution in [0, 0.1) is 5.92 Å². The zero-order valence-corrected chi connectivity index (χ0v) is 13.1. The minimum absolute atomic E-state index is 0.105. The maximum atomic E-state index is 12.5. The number of nitrogens with one attached hydrogen (secondary N) is 1. The summed E-state index contributed by atoms with van der Waals surface area (Å²) >= 11 is 0. The Hall–Kier alpha value is -2.31. The molecule has 1 unspecified atom stereocenters. The third-order valence-electron chi connectivity index (χ3n) is 3.40. The van der Waals surface area contributed by atoms with Gasteiger partial charge in [0, 0.05) is 0 Å². The molecule has 124 valence electrons. The number of anilines is 1. The van der Waals surface area contributed by atoms with Crippen molar-refractivity contribution in [1.82, 2.24) is 10.2 Å². The van der Waals surface area contributed by atoms with Gasteiger partial charge in [0.25, 0.3) is 0 Å². The van der Waals surface area contributed by atoms with E-state index >= 15 is 0 Å². The average molecular weight is 325 g/mol. The van der Waals surface area contributed by atoms with Crippen molar-refractivity contribution in [2.45, 2.75) is 26.1 Å². The lowest BCUT2D eigenvalue weighted by Gasteiger charge is -2.23. The summed E-state index contributed by atoms with van der Waals surface area (Å²) in [5.41, 5.74) is -0.0175. The van der Waals surface area contributed by atoms with E-state index in [9.17, 15) is 13.2 Å². The minimum Gasteiger partial charge on any atom is -0.497 e. The predicted octanol–water partition coefficient (Wildman–Crippen LogP) is 4.31. The van der Waals surface area contributed by atoms with Gasteiger partial charge in [0.2, 0.25) is 0 Å². The fraction of sp³-hybridized carbons (Fsp3) is 0.375. The number of alkyl halides is 3.